The molecule has 1 N–H and O–H groups in total. The molecule has 0 atom stereocenters. The minimum atomic E-state index is 0.521. The van der Waals surface area contributed by atoms with Gasteiger partial charge in [0.1, 0.15) is 0 Å². The van der Waals surface area contributed by atoms with Crippen molar-refractivity contribution >= 4 is 5.69 Å². The predicted molar refractivity (Wildman–Crippen MR) is 76.8 cm³/mol. The van der Waals surface area contributed by atoms with E-state index in [1.165, 1.54) is 43.6 Å². The number of nitrogens with one attached hydrogen (secondary N) is 1. The fraction of sp³-hybridized carbons (Fsp3) is 0.667. The summed E-state index contributed by atoms with van der Waals surface area (Å²) in [5.74, 6) is 0. The van der Waals surface area contributed by atoms with Gasteiger partial charge in [-0.25, -0.2) is 0 Å². The summed E-state index contributed by atoms with van der Waals surface area (Å²) in [7, 11) is 2.00. The van der Waals surface area contributed by atoms with Crippen molar-refractivity contribution in [3.05, 3.63) is 24.0 Å². The van der Waals surface area contributed by atoms with Gasteiger partial charge in [0.05, 0.1) is 11.9 Å². The molecule has 0 radical (unpaired) electrons. The van der Waals surface area contributed by atoms with Gasteiger partial charge >= 0.3 is 0 Å². The van der Waals surface area contributed by atoms with Crippen LogP contribution in [0.2, 0.25) is 0 Å². The summed E-state index contributed by atoms with van der Waals surface area (Å²) in [5, 5.41) is 3.24. The minimum absolute atomic E-state index is 0.521. The third kappa shape index (κ3) is 2.51. The van der Waals surface area contributed by atoms with Crippen LogP contribution in [0.5, 0.6) is 0 Å². The fourth-order valence-electron chi connectivity index (χ4n) is 3.01. The van der Waals surface area contributed by atoms with Gasteiger partial charge < -0.3 is 10.2 Å². The molecule has 0 spiro atoms. The van der Waals surface area contributed by atoms with Crippen LogP contribution in [-0.2, 0) is 6.54 Å². The van der Waals surface area contributed by atoms with Crippen molar-refractivity contribution in [2.45, 2.75) is 39.7 Å². The van der Waals surface area contributed by atoms with Gasteiger partial charge in [-0.15, -0.1) is 0 Å². The number of rotatable bonds is 5. The van der Waals surface area contributed by atoms with Crippen molar-refractivity contribution < 1.29 is 0 Å². The molecule has 0 amide bonds. The summed E-state index contributed by atoms with van der Waals surface area (Å²) in [6.45, 7) is 7.92. The molecule has 1 aromatic rings. The minimum Gasteiger partial charge on any atom is -0.369 e. The molecular formula is C15H25N3. The van der Waals surface area contributed by atoms with E-state index in [4.69, 9.17) is 0 Å². The highest BCUT2D eigenvalue weighted by molar-refractivity contribution is 5.52. The smallest absolute Gasteiger partial charge is 0.0598 e. The molecule has 18 heavy (non-hydrogen) atoms. The molecule has 100 valence electrons. The Labute approximate surface area is 111 Å². The Morgan fingerprint density at radius 3 is 2.78 bits per heavy atom. The maximum atomic E-state index is 4.30. The second-order valence-corrected chi connectivity index (χ2v) is 5.41. The Balaban J connectivity index is 2.18. The molecule has 1 saturated heterocycles. The van der Waals surface area contributed by atoms with E-state index in [1.54, 1.807) is 0 Å². The molecule has 0 aromatic carbocycles. The second-order valence-electron chi connectivity index (χ2n) is 5.41. The molecule has 2 rings (SSSR count). The van der Waals surface area contributed by atoms with Gasteiger partial charge in [0.2, 0.25) is 0 Å². The molecule has 2 heterocycles. The standard InChI is InChI=1S/C15H25N3/c1-4-15(5-2)7-9-18(12-15)14-11-17-8-6-13(14)10-16-3/h6,8,11,16H,4-5,7,9-10,12H2,1-3H3. The lowest BCUT2D eigenvalue weighted by atomic mass is 9.82. The summed E-state index contributed by atoms with van der Waals surface area (Å²) >= 11 is 0. The Hall–Kier alpha value is -1.09. The van der Waals surface area contributed by atoms with Gasteiger partial charge in [0.25, 0.3) is 0 Å². The summed E-state index contributed by atoms with van der Waals surface area (Å²) < 4.78 is 0. The Bertz CT molecular complexity index is 385. The van der Waals surface area contributed by atoms with E-state index < -0.39 is 0 Å². The summed E-state index contributed by atoms with van der Waals surface area (Å²) in [6.07, 6.45) is 7.78. The molecule has 1 aliphatic rings. The second kappa shape index (κ2) is 5.70. The van der Waals surface area contributed by atoms with Crippen molar-refractivity contribution in [1.29, 1.82) is 0 Å². The van der Waals surface area contributed by atoms with Crippen molar-refractivity contribution in [2.24, 2.45) is 5.41 Å². The van der Waals surface area contributed by atoms with Crippen LogP contribution in [0.1, 0.15) is 38.7 Å². The number of nitrogens with zero attached hydrogens (tertiary/aromatic N) is 2. The first-order valence-electron chi connectivity index (χ1n) is 7.07. The molecule has 0 aliphatic carbocycles. The molecule has 1 aromatic heterocycles. The normalized spacial score (nSPS) is 18.3. The molecule has 0 bridgehead atoms. The zero-order chi connectivity index (χ0) is 13.0. The third-order valence-corrected chi connectivity index (χ3v) is 4.53. The molecular weight excluding hydrogens is 222 g/mol. The van der Waals surface area contributed by atoms with E-state index in [-0.39, 0.29) is 0 Å². The lowest BCUT2D eigenvalue weighted by Gasteiger charge is -2.28. The van der Waals surface area contributed by atoms with Gasteiger partial charge in [-0.3, -0.25) is 4.98 Å². The third-order valence-electron chi connectivity index (χ3n) is 4.53. The summed E-state index contributed by atoms with van der Waals surface area (Å²) in [5.41, 5.74) is 3.19. The topological polar surface area (TPSA) is 28.2 Å². The van der Waals surface area contributed by atoms with Crippen LogP contribution >= 0.6 is 0 Å². The highest BCUT2D eigenvalue weighted by atomic mass is 15.2. The Kier molecular flexibility index (Phi) is 4.23. The van der Waals surface area contributed by atoms with Crippen molar-refractivity contribution in [1.82, 2.24) is 10.3 Å². The monoisotopic (exact) mass is 247 g/mol. The van der Waals surface area contributed by atoms with Crippen molar-refractivity contribution in [3.8, 4) is 0 Å². The molecule has 1 fully saturated rings. The highest BCUT2D eigenvalue weighted by Crippen LogP contribution is 2.39. The maximum Gasteiger partial charge on any atom is 0.0598 e. The lowest BCUT2D eigenvalue weighted by Crippen LogP contribution is -2.27. The summed E-state index contributed by atoms with van der Waals surface area (Å²) in [6, 6.07) is 2.13. The quantitative estimate of drug-likeness (QED) is 0.867. The molecule has 3 nitrogen and oxygen atoms in total. The number of hydrogen-bond acceptors (Lipinski definition) is 3. The zero-order valence-electron chi connectivity index (χ0n) is 11.9. The van der Waals surface area contributed by atoms with Crippen LogP contribution < -0.4 is 10.2 Å². The average molecular weight is 247 g/mol. The molecule has 0 unspecified atom stereocenters. The van der Waals surface area contributed by atoms with Crippen LogP contribution in [0.25, 0.3) is 0 Å². The van der Waals surface area contributed by atoms with Crippen LogP contribution in [0, 0.1) is 5.41 Å². The number of hydrogen-bond donors (Lipinski definition) is 1. The first-order valence-corrected chi connectivity index (χ1v) is 7.07. The Morgan fingerprint density at radius 1 is 1.39 bits per heavy atom. The average Bonchev–Trinajstić information content (AvgIpc) is 2.85. The van der Waals surface area contributed by atoms with Crippen molar-refractivity contribution in [3.63, 3.8) is 0 Å². The Morgan fingerprint density at radius 2 is 2.17 bits per heavy atom. The van der Waals surface area contributed by atoms with E-state index in [2.05, 4.69) is 35.1 Å². The first kappa shape index (κ1) is 13.3. The molecule has 1 aliphatic heterocycles. The van der Waals surface area contributed by atoms with Crippen LogP contribution in [0.15, 0.2) is 18.5 Å². The molecule has 0 saturated carbocycles. The fourth-order valence-corrected chi connectivity index (χ4v) is 3.01. The summed E-state index contributed by atoms with van der Waals surface area (Å²) in [4.78, 5) is 6.82. The van der Waals surface area contributed by atoms with Crippen molar-refractivity contribution in [2.75, 3.05) is 25.0 Å². The predicted octanol–water partition coefficient (Wildman–Crippen LogP) is 2.82. The first-order chi connectivity index (χ1) is 8.74. The van der Waals surface area contributed by atoms with Crippen LogP contribution in [-0.4, -0.2) is 25.1 Å². The lowest BCUT2D eigenvalue weighted by molar-refractivity contribution is 0.301. The largest absolute Gasteiger partial charge is 0.369 e. The van der Waals surface area contributed by atoms with E-state index >= 15 is 0 Å². The zero-order valence-corrected chi connectivity index (χ0v) is 11.9. The van der Waals surface area contributed by atoms with Gasteiger partial charge in [0.15, 0.2) is 0 Å². The van der Waals surface area contributed by atoms with Gasteiger partial charge in [0, 0.05) is 25.8 Å². The maximum absolute atomic E-state index is 4.30. The van der Waals surface area contributed by atoms with E-state index in [9.17, 15) is 0 Å². The van der Waals surface area contributed by atoms with E-state index in [0.29, 0.717) is 5.41 Å². The number of anilines is 1. The van der Waals surface area contributed by atoms with Gasteiger partial charge in [-0.1, -0.05) is 13.8 Å². The van der Waals surface area contributed by atoms with E-state index in [1.807, 2.05) is 19.4 Å². The van der Waals surface area contributed by atoms with Crippen LogP contribution in [0.3, 0.4) is 0 Å². The highest BCUT2D eigenvalue weighted by Gasteiger charge is 2.35. The SMILES string of the molecule is CCC1(CC)CCN(c2cnccc2CNC)C1. The molecule has 3 heteroatoms. The number of aromatic nitrogens is 1. The van der Waals surface area contributed by atoms with Crippen LogP contribution in [0.4, 0.5) is 5.69 Å². The van der Waals surface area contributed by atoms with Gasteiger partial charge in [-0.2, -0.15) is 0 Å². The van der Waals surface area contributed by atoms with E-state index in [0.717, 1.165) is 6.54 Å². The van der Waals surface area contributed by atoms with Gasteiger partial charge in [-0.05, 0) is 43.4 Å². The number of pyridine rings is 1.